The van der Waals surface area contributed by atoms with Crippen molar-refractivity contribution in [3.63, 3.8) is 0 Å². The topological polar surface area (TPSA) is 91.9 Å². The van der Waals surface area contributed by atoms with E-state index in [-0.39, 0.29) is 11.5 Å². The molecule has 1 N–H and O–H groups in total. The number of nitrogens with zero attached hydrogens (tertiary/aromatic N) is 2. The second-order valence-electron chi connectivity index (χ2n) is 14.9. The summed E-state index contributed by atoms with van der Waals surface area (Å²) in [5, 5.41) is 11.4. The number of aromatic carboxylic acids is 1. The van der Waals surface area contributed by atoms with Crippen molar-refractivity contribution < 1.29 is 28.9 Å². The maximum absolute atomic E-state index is 12.3. The molecule has 0 amide bonds. The first-order chi connectivity index (χ1) is 31.7. The number of carbonyl (C=O) groups is 2. The number of benzene rings is 6. The number of rotatable bonds is 13. The summed E-state index contributed by atoms with van der Waals surface area (Å²) in [7, 11) is 0. The minimum Gasteiger partial charge on any atom is -0.488 e. The molecular weight excluding hydrogens is 1050 g/mol. The molecule has 0 fully saturated rings. The zero-order valence-corrected chi connectivity index (χ0v) is 41.8. The minimum absolute atomic E-state index is 0.229. The van der Waals surface area contributed by atoms with Gasteiger partial charge in [0.05, 0.1) is 49.2 Å². The number of carbonyl (C=O) groups excluding carboxylic acids is 1. The number of halogens is 6. The number of ether oxygens (including phenoxy) is 3. The zero-order chi connectivity index (χ0) is 47.1. The van der Waals surface area contributed by atoms with Crippen LogP contribution in [0.15, 0.2) is 155 Å². The second-order valence-corrected chi connectivity index (χ2v) is 18.3. The summed E-state index contributed by atoms with van der Waals surface area (Å²) in [6.45, 7) is 6.78. The summed E-state index contributed by atoms with van der Waals surface area (Å²) in [6, 6.07) is 44.9. The average Bonchev–Trinajstić information content (AvgIpc) is 3.89. The van der Waals surface area contributed by atoms with Crippen LogP contribution in [0.2, 0.25) is 20.1 Å². The summed E-state index contributed by atoms with van der Waals surface area (Å²) < 4.78 is 23.5. The fourth-order valence-corrected chi connectivity index (χ4v) is 8.55. The number of aryl methyl sites for hydroxylation is 2. The van der Waals surface area contributed by atoms with Crippen molar-refractivity contribution in [2.24, 2.45) is 0 Å². The predicted octanol–water partition coefficient (Wildman–Crippen LogP) is 16.1. The number of carboxylic acids is 1. The Hall–Kier alpha value is -5.46. The molecule has 0 spiro atoms. The lowest BCUT2D eigenvalue weighted by Gasteiger charge is -2.17. The van der Waals surface area contributed by atoms with Crippen LogP contribution in [0.25, 0.3) is 33.9 Å². The second kappa shape index (κ2) is 21.9. The normalized spacial score (nSPS) is 10.9. The first-order valence-corrected chi connectivity index (χ1v) is 23.5. The van der Waals surface area contributed by atoms with Gasteiger partial charge in [-0.15, -0.1) is 0 Å². The van der Waals surface area contributed by atoms with E-state index in [1.165, 1.54) is 0 Å². The molecule has 0 bridgehead atoms. The third-order valence-electron chi connectivity index (χ3n) is 10.3. The average molecular weight is 1090 g/mol. The van der Waals surface area contributed by atoms with Crippen molar-refractivity contribution in [1.29, 1.82) is 0 Å². The fourth-order valence-electron chi connectivity index (χ4n) is 7.19. The molecule has 14 heteroatoms. The third-order valence-corrected chi connectivity index (χ3v) is 12.8. The molecule has 0 saturated carbocycles. The summed E-state index contributed by atoms with van der Waals surface area (Å²) in [4.78, 5) is 23.8. The minimum atomic E-state index is -0.966. The molecular formula is C52H40Br2Cl4N2O6. The van der Waals surface area contributed by atoms with Crippen LogP contribution in [0, 0.1) is 13.8 Å². The van der Waals surface area contributed by atoms with Crippen LogP contribution in [-0.2, 0) is 18.0 Å². The van der Waals surface area contributed by atoms with E-state index in [0.29, 0.717) is 51.2 Å². The molecule has 336 valence electrons. The monoisotopic (exact) mass is 1090 g/mol. The lowest BCUT2D eigenvalue weighted by atomic mass is 10.1. The molecule has 66 heavy (non-hydrogen) atoms. The van der Waals surface area contributed by atoms with E-state index in [0.717, 1.165) is 71.1 Å². The lowest BCUT2D eigenvalue weighted by molar-refractivity contribution is 0.0525. The maximum Gasteiger partial charge on any atom is 0.338 e. The smallest absolute Gasteiger partial charge is 0.338 e. The Balaban J connectivity index is 0.000000197. The molecule has 0 saturated heterocycles. The van der Waals surface area contributed by atoms with Gasteiger partial charge in [0.15, 0.2) is 0 Å². The Morgan fingerprint density at radius 3 is 1.44 bits per heavy atom. The Bertz CT molecular complexity index is 3080. The van der Waals surface area contributed by atoms with Crippen LogP contribution in [0.5, 0.6) is 11.5 Å². The molecule has 0 aliphatic heterocycles. The van der Waals surface area contributed by atoms with E-state index in [9.17, 15) is 14.7 Å². The molecule has 8 nitrogen and oxygen atoms in total. The van der Waals surface area contributed by atoms with E-state index in [4.69, 9.17) is 60.6 Å². The highest BCUT2D eigenvalue weighted by atomic mass is 79.9. The highest BCUT2D eigenvalue weighted by Gasteiger charge is 2.19. The molecule has 0 radical (unpaired) electrons. The van der Waals surface area contributed by atoms with Gasteiger partial charge in [0.25, 0.3) is 0 Å². The molecule has 8 rings (SSSR count). The Labute approximate surface area is 419 Å². The highest BCUT2D eigenvalue weighted by molar-refractivity contribution is 9.10. The number of esters is 1. The quantitative estimate of drug-likeness (QED) is 0.116. The number of hydrogen-bond donors (Lipinski definition) is 1. The lowest BCUT2D eigenvalue weighted by Crippen LogP contribution is -2.07. The molecule has 2 aromatic heterocycles. The van der Waals surface area contributed by atoms with Gasteiger partial charge in [-0.1, -0.05) is 103 Å². The van der Waals surface area contributed by atoms with E-state index < -0.39 is 5.97 Å². The van der Waals surface area contributed by atoms with Crippen LogP contribution in [-0.4, -0.2) is 32.8 Å². The van der Waals surface area contributed by atoms with E-state index in [1.54, 1.807) is 55.5 Å². The van der Waals surface area contributed by atoms with E-state index >= 15 is 0 Å². The van der Waals surface area contributed by atoms with Crippen molar-refractivity contribution in [3.05, 3.63) is 208 Å². The first-order valence-electron chi connectivity index (χ1n) is 20.4. The number of hydrogen-bond acceptors (Lipinski definition) is 5. The maximum atomic E-state index is 12.3. The van der Waals surface area contributed by atoms with Gasteiger partial charge in [0.1, 0.15) is 24.7 Å². The molecule has 0 aliphatic carbocycles. The van der Waals surface area contributed by atoms with Crippen molar-refractivity contribution in [2.45, 2.75) is 34.0 Å². The van der Waals surface area contributed by atoms with Gasteiger partial charge in [0.2, 0.25) is 0 Å². The molecule has 6 aromatic carbocycles. The van der Waals surface area contributed by atoms with E-state index in [1.807, 2.05) is 115 Å². The molecule has 2 heterocycles. The Morgan fingerprint density at radius 1 is 0.545 bits per heavy atom. The first kappa shape index (κ1) is 48.5. The third kappa shape index (κ3) is 11.6. The van der Waals surface area contributed by atoms with Crippen LogP contribution in [0.3, 0.4) is 0 Å². The van der Waals surface area contributed by atoms with Crippen LogP contribution >= 0.6 is 78.3 Å². The van der Waals surface area contributed by atoms with Gasteiger partial charge in [-0.2, -0.15) is 0 Å². The van der Waals surface area contributed by atoms with Crippen molar-refractivity contribution in [1.82, 2.24) is 9.13 Å². The predicted molar refractivity (Wildman–Crippen MR) is 272 cm³/mol. The number of aromatic nitrogens is 2. The van der Waals surface area contributed by atoms with Gasteiger partial charge in [-0.05, 0) is 153 Å². The molecule has 0 unspecified atom stereocenters. The fraction of sp³-hybridized carbons (Fsp3) is 0.115. The largest absolute Gasteiger partial charge is 0.488 e. The van der Waals surface area contributed by atoms with Gasteiger partial charge in [-0.3, -0.25) is 0 Å². The van der Waals surface area contributed by atoms with Gasteiger partial charge in [-0.25, -0.2) is 9.59 Å². The van der Waals surface area contributed by atoms with Crippen LogP contribution < -0.4 is 9.47 Å². The number of carboxylic acid groups (broad SMARTS) is 1. The van der Waals surface area contributed by atoms with Gasteiger partial charge < -0.3 is 28.5 Å². The Morgan fingerprint density at radius 2 is 1.00 bits per heavy atom. The Kier molecular flexibility index (Phi) is 16.1. The van der Waals surface area contributed by atoms with Gasteiger partial charge >= 0.3 is 11.9 Å². The summed E-state index contributed by atoms with van der Waals surface area (Å²) in [5.41, 5.74) is 9.75. The molecule has 0 atom stereocenters. The standard InChI is InChI=1S/C27H22BrCl2NO3.C25H18BrCl2NO3/c1-3-33-27(32)19-5-4-6-21(14-19)31-17(2)7-11-25(31)22-15-20(28)9-12-26(22)34-16-18-8-10-23(29)24(30)13-18;1-15-5-9-23(29(15)19-4-2-3-17(12-19)25(30)31)20-13-18(26)7-10-24(20)32-14-16-6-8-21(27)22(28)11-16/h4-15H,3,16H2,1-2H3;2-13H,14H2,1H3,(H,30,31). The summed E-state index contributed by atoms with van der Waals surface area (Å²) in [5.74, 6) is 0.0957. The molecule has 8 aromatic rings. The van der Waals surface area contributed by atoms with E-state index in [2.05, 4.69) is 36.4 Å². The highest BCUT2D eigenvalue weighted by Crippen LogP contribution is 2.38. The van der Waals surface area contributed by atoms with Crippen molar-refractivity contribution >= 4 is 90.2 Å². The van der Waals surface area contributed by atoms with Crippen molar-refractivity contribution in [2.75, 3.05) is 6.61 Å². The summed E-state index contributed by atoms with van der Waals surface area (Å²) in [6.07, 6.45) is 0. The van der Waals surface area contributed by atoms with Gasteiger partial charge in [0, 0.05) is 42.8 Å². The summed E-state index contributed by atoms with van der Waals surface area (Å²) >= 11 is 31.5. The van der Waals surface area contributed by atoms with Crippen LogP contribution in [0.4, 0.5) is 0 Å². The SMILES string of the molecule is CCOC(=O)c1cccc(-n2c(C)ccc2-c2cc(Br)ccc2OCc2ccc(Cl)c(Cl)c2)c1.Cc1ccc(-c2cc(Br)ccc2OCc2ccc(Cl)c(Cl)c2)n1-c1cccc(C(=O)O)c1. The zero-order valence-electron chi connectivity index (χ0n) is 35.6. The van der Waals surface area contributed by atoms with Crippen molar-refractivity contribution in [3.8, 4) is 45.4 Å². The van der Waals surface area contributed by atoms with Crippen LogP contribution in [0.1, 0.15) is 50.2 Å². The molecule has 0 aliphatic rings.